The number of thioether (sulfide) groups is 1. The van der Waals surface area contributed by atoms with Crippen LogP contribution in [0.1, 0.15) is 16.7 Å². The number of benzene rings is 2. The number of amides is 3. The van der Waals surface area contributed by atoms with E-state index in [0.29, 0.717) is 17.0 Å². The van der Waals surface area contributed by atoms with Crippen LogP contribution >= 0.6 is 27.7 Å². The highest BCUT2D eigenvalue weighted by atomic mass is 79.9. The van der Waals surface area contributed by atoms with Gasteiger partial charge in [-0.05, 0) is 73.1 Å². The monoisotopic (exact) mass is 474 g/mol. The summed E-state index contributed by atoms with van der Waals surface area (Å²) < 4.78 is 6.12. The summed E-state index contributed by atoms with van der Waals surface area (Å²) in [5.41, 5.74) is 3.32. The van der Waals surface area contributed by atoms with Gasteiger partial charge in [0.2, 0.25) is 5.91 Å². The minimum Gasteiger partial charge on any atom is -0.496 e. The van der Waals surface area contributed by atoms with Crippen molar-refractivity contribution in [1.82, 2.24) is 4.90 Å². The number of rotatable bonds is 5. The van der Waals surface area contributed by atoms with E-state index in [2.05, 4.69) is 21.2 Å². The molecule has 6 nitrogen and oxygen atoms in total. The van der Waals surface area contributed by atoms with E-state index in [4.69, 9.17) is 4.74 Å². The Hall–Kier alpha value is -2.58. The molecule has 8 heteroatoms. The number of carbonyl (C=O) groups is 3. The van der Waals surface area contributed by atoms with E-state index in [9.17, 15) is 14.4 Å². The Morgan fingerprint density at radius 2 is 1.86 bits per heavy atom. The van der Waals surface area contributed by atoms with Crippen LogP contribution in [0.2, 0.25) is 0 Å². The molecule has 1 fully saturated rings. The maximum Gasteiger partial charge on any atom is 0.294 e. The molecule has 1 N–H and O–H groups in total. The molecule has 1 aliphatic rings. The van der Waals surface area contributed by atoms with Crippen LogP contribution in [0.5, 0.6) is 5.75 Å². The molecule has 1 aliphatic heterocycles. The van der Waals surface area contributed by atoms with E-state index in [1.807, 2.05) is 38.1 Å². The fourth-order valence-corrected chi connectivity index (χ4v) is 4.19. The summed E-state index contributed by atoms with van der Waals surface area (Å²) in [5.74, 6) is -0.358. The summed E-state index contributed by atoms with van der Waals surface area (Å²) in [6.07, 6.45) is 1.59. The van der Waals surface area contributed by atoms with E-state index in [1.54, 1.807) is 18.2 Å². The topological polar surface area (TPSA) is 75.7 Å². The SMILES string of the molecule is COc1ccc(Br)cc1/C=C1/SC(=O)N(CC(=O)Nc2cc(C)cc(C)c2)C1=O. The largest absolute Gasteiger partial charge is 0.496 e. The lowest BCUT2D eigenvalue weighted by molar-refractivity contribution is -0.127. The molecule has 3 rings (SSSR count). The average molecular weight is 475 g/mol. The van der Waals surface area contributed by atoms with Gasteiger partial charge in [0.1, 0.15) is 12.3 Å². The molecule has 150 valence electrons. The minimum absolute atomic E-state index is 0.241. The van der Waals surface area contributed by atoms with Crippen molar-refractivity contribution in [3.8, 4) is 5.75 Å². The van der Waals surface area contributed by atoms with Gasteiger partial charge >= 0.3 is 0 Å². The van der Waals surface area contributed by atoms with Crippen LogP contribution in [0.25, 0.3) is 6.08 Å². The van der Waals surface area contributed by atoms with Gasteiger partial charge < -0.3 is 10.1 Å². The van der Waals surface area contributed by atoms with E-state index < -0.39 is 17.1 Å². The van der Waals surface area contributed by atoms with Gasteiger partial charge in [-0.2, -0.15) is 0 Å². The van der Waals surface area contributed by atoms with Crippen LogP contribution in [0.3, 0.4) is 0 Å². The Kier molecular flexibility index (Phi) is 6.44. The second-order valence-electron chi connectivity index (χ2n) is 6.58. The lowest BCUT2D eigenvalue weighted by atomic mass is 10.1. The van der Waals surface area contributed by atoms with Gasteiger partial charge in [0.25, 0.3) is 11.1 Å². The first-order valence-electron chi connectivity index (χ1n) is 8.74. The second-order valence-corrected chi connectivity index (χ2v) is 8.49. The van der Waals surface area contributed by atoms with Gasteiger partial charge in [-0.3, -0.25) is 19.3 Å². The molecular formula is C21H19BrN2O4S. The van der Waals surface area contributed by atoms with Crippen LogP contribution in [0.15, 0.2) is 45.8 Å². The predicted octanol–water partition coefficient (Wildman–Crippen LogP) is 4.75. The molecule has 1 saturated heterocycles. The number of halogens is 1. The second kappa shape index (κ2) is 8.84. The van der Waals surface area contributed by atoms with E-state index in [1.165, 1.54) is 7.11 Å². The van der Waals surface area contributed by atoms with E-state index in [-0.39, 0.29) is 11.4 Å². The highest BCUT2D eigenvalue weighted by Gasteiger charge is 2.36. The highest BCUT2D eigenvalue weighted by Crippen LogP contribution is 2.34. The van der Waals surface area contributed by atoms with Gasteiger partial charge in [-0.1, -0.05) is 22.0 Å². The van der Waals surface area contributed by atoms with Gasteiger partial charge in [-0.15, -0.1) is 0 Å². The number of anilines is 1. The number of imide groups is 1. The van der Waals surface area contributed by atoms with Crippen molar-refractivity contribution in [2.45, 2.75) is 13.8 Å². The van der Waals surface area contributed by atoms with Crippen LogP contribution in [0, 0.1) is 13.8 Å². The van der Waals surface area contributed by atoms with E-state index >= 15 is 0 Å². The molecule has 0 unspecified atom stereocenters. The predicted molar refractivity (Wildman–Crippen MR) is 118 cm³/mol. The highest BCUT2D eigenvalue weighted by molar-refractivity contribution is 9.10. The first-order chi connectivity index (χ1) is 13.8. The number of hydrogen-bond acceptors (Lipinski definition) is 5. The van der Waals surface area contributed by atoms with Crippen LogP contribution in [-0.4, -0.2) is 35.6 Å². The normalized spacial score (nSPS) is 15.2. The maximum absolute atomic E-state index is 12.7. The third-order valence-corrected chi connectivity index (χ3v) is 5.56. The number of carbonyl (C=O) groups excluding carboxylic acids is 3. The molecule has 0 radical (unpaired) electrons. The van der Waals surface area contributed by atoms with Crippen molar-refractivity contribution in [3.63, 3.8) is 0 Å². The average Bonchev–Trinajstić information content (AvgIpc) is 2.88. The van der Waals surface area contributed by atoms with Crippen molar-refractivity contribution in [2.24, 2.45) is 0 Å². The Morgan fingerprint density at radius 1 is 1.17 bits per heavy atom. The number of nitrogens with zero attached hydrogens (tertiary/aromatic N) is 1. The summed E-state index contributed by atoms with van der Waals surface area (Å²) in [6.45, 7) is 3.52. The molecular weight excluding hydrogens is 456 g/mol. The molecule has 3 amide bonds. The molecule has 0 aliphatic carbocycles. The Morgan fingerprint density at radius 3 is 2.52 bits per heavy atom. The summed E-state index contributed by atoms with van der Waals surface area (Å²) >= 11 is 4.18. The molecule has 0 aromatic heterocycles. The lowest BCUT2D eigenvalue weighted by Gasteiger charge is -2.13. The fourth-order valence-electron chi connectivity index (χ4n) is 2.99. The first-order valence-corrected chi connectivity index (χ1v) is 10.3. The molecule has 0 bridgehead atoms. The minimum atomic E-state index is -0.502. The number of methoxy groups -OCH3 is 1. The number of nitrogens with one attached hydrogen (secondary N) is 1. The number of hydrogen-bond donors (Lipinski definition) is 1. The molecule has 0 spiro atoms. The van der Waals surface area contributed by atoms with Gasteiger partial charge in [-0.25, -0.2) is 0 Å². The standard InChI is InChI=1S/C21H19BrN2O4S/c1-12-6-13(2)8-16(7-12)23-19(25)11-24-20(26)18(29-21(24)27)10-14-9-15(22)4-5-17(14)28-3/h4-10H,11H2,1-3H3,(H,23,25)/b18-10+. The Balaban J connectivity index is 1.75. The molecule has 2 aromatic carbocycles. The number of aryl methyl sites for hydroxylation is 2. The van der Waals surface area contributed by atoms with Gasteiger partial charge in [0.15, 0.2) is 0 Å². The Labute approximate surface area is 181 Å². The van der Waals surface area contributed by atoms with E-state index in [0.717, 1.165) is 32.3 Å². The van der Waals surface area contributed by atoms with Crippen LogP contribution in [0.4, 0.5) is 10.5 Å². The third-order valence-electron chi connectivity index (χ3n) is 4.16. The molecule has 0 atom stereocenters. The summed E-state index contributed by atoms with van der Waals surface area (Å²) in [7, 11) is 1.53. The lowest BCUT2D eigenvalue weighted by Crippen LogP contribution is -2.36. The Bertz CT molecular complexity index is 1020. The first kappa shape index (κ1) is 21.1. The van der Waals surface area contributed by atoms with Crippen molar-refractivity contribution in [3.05, 3.63) is 62.5 Å². The summed E-state index contributed by atoms with van der Waals surface area (Å²) in [5, 5.41) is 2.26. The van der Waals surface area contributed by atoms with Crippen LogP contribution < -0.4 is 10.1 Å². The molecule has 2 aromatic rings. The van der Waals surface area contributed by atoms with Gasteiger partial charge in [0.05, 0.1) is 12.0 Å². The van der Waals surface area contributed by atoms with Crippen molar-refractivity contribution >= 4 is 56.5 Å². The zero-order valence-electron chi connectivity index (χ0n) is 16.1. The van der Waals surface area contributed by atoms with Crippen molar-refractivity contribution in [2.75, 3.05) is 19.0 Å². The zero-order chi connectivity index (χ0) is 21.1. The van der Waals surface area contributed by atoms with Crippen molar-refractivity contribution < 1.29 is 19.1 Å². The maximum atomic E-state index is 12.7. The summed E-state index contributed by atoms with van der Waals surface area (Å²) in [4.78, 5) is 38.6. The molecule has 0 saturated carbocycles. The molecule has 1 heterocycles. The number of ether oxygens (including phenoxy) is 1. The molecule has 29 heavy (non-hydrogen) atoms. The smallest absolute Gasteiger partial charge is 0.294 e. The zero-order valence-corrected chi connectivity index (χ0v) is 18.5. The quantitative estimate of drug-likeness (QED) is 0.632. The van der Waals surface area contributed by atoms with Crippen molar-refractivity contribution in [1.29, 1.82) is 0 Å². The summed E-state index contributed by atoms with van der Waals surface area (Å²) in [6, 6.07) is 11.0. The fraction of sp³-hybridized carbons (Fsp3) is 0.190. The van der Waals surface area contributed by atoms with Gasteiger partial charge in [0, 0.05) is 15.7 Å². The van der Waals surface area contributed by atoms with Crippen LogP contribution in [-0.2, 0) is 9.59 Å². The third kappa shape index (κ3) is 5.07.